The van der Waals surface area contributed by atoms with Gasteiger partial charge in [-0.1, -0.05) is 15.9 Å². The highest BCUT2D eigenvalue weighted by molar-refractivity contribution is 9.10. The highest BCUT2D eigenvalue weighted by Gasteiger charge is 2.27. The van der Waals surface area contributed by atoms with Gasteiger partial charge in [0.25, 0.3) is 0 Å². The van der Waals surface area contributed by atoms with E-state index in [1.54, 1.807) is 26.0 Å². The van der Waals surface area contributed by atoms with Crippen LogP contribution in [0.15, 0.2) is 16.6 Å². The molecule has 0 fully saturated rings. The molecule has 0 saturated carbocycles. The third-order valence-corrected chi connectivity index (χ3v) is 3.86. The summed E-state index contributed by atoms with van der Waals surface area (Å²) in [5, 5.41) is 2.43. The fourth-order valence-corrected chi connectivity index (χ4v) is 2.94. The van der Waals surface area contributed by atoms with Gasteiger partial charge in [-0.25, -0.2) is 22.0 Å². The number of carbonyl (C=O) groups excluding carboxylic acids is 1. The smallest absolute Gasteiger partial charge is 0.229 e. The van der Waals surface area contributed by atoms with Gasteiger partial charge in [0.05, 0.1) is 6.42 Å². The second-order valence-electron chi connectivity index (χ2n) is 5.19. The zero-order valence-electron chi connectivity index (χ0n) is 12.5. The molecule has 24 heavy (non-hydrogen) atoms. The maximum Gasteiger partial charge on any atom is 0.229 e. The van der Waals surface area contributed by atoms with Crippen molar-refractivity contribution in [3.8, 4) is 0 Å². The van der Waals surface area contributed by atoms with Crippen molar-refractivity contribution in [3.63, 3.8) is 0 Å². The monoisotopic (exact) mass is 407 g/mol. The van der Waals surface area contributed by atoms with E-state index in [4.69, 9.17) is 0 Å². The average molecular weight is 408 g/mol. The molecule has 0 spiro atoms. The van der Waals surface area contributed by atoms with Gasteiger partial charge >= 0.3 is 0 Å². The molecule has 128 valence electrons. The Labute approximate surface area is 142 Å². The van der Waals surface area contributed by atoms with E-state index in [-0.39, 0.29) is 0 Å². The van der Waals surface area contributed by atoms with Crippen LogP contribution in [0.3, 0.4) is 0 Å². The Hall–Kier alpha value is -1.96. The van der Waals surface area contributed by atoms with Gasteiger partial charge in [0.15, 0.2) is 23.3 Å². The molecule has 2 rings (SSSR count). The Bertz CT molecular complexity index is 786. The van der Waals surface area contributed by atoms with Crippen LogP contribution < -0.4 is 5.32 Å². The van der Waals surface area contributed by atoms with Gasteiger partial charge in [-0.15, -0.1) is 0 Å². The normalized spacial score (nSPS) is 10.8. The summed E-state index contributed by atoms with van der Waals surface area (Å²) in [6, 6.07) is 3.42. The lowest BCUT2D eigenvalue weighted by Crippen LogP contribution is -2.19. The van der Waals surface area contributed by atoms with Crippen LogP contribution in [0.5, 0.6) is 0 Å². The van der Waals surface area contributed by atoms with E-state index >= 15 is 0 Å². The van der Waals surface area contributed by atoms with E-state index in [0.717, 1.165) is 4.47 Å². The summed E-state index contributed by atoms with van der Waals surface area (Å²) in [6.45, 7) is 3.40. The Kier molecular flexibility index (Phi) is 5.27. The Morgan fingerprint density at radius 2 is 1.33 bits per heavy atom. The van der Waals surface area contributed by atoms with Crippen molar-refractivity contribution in [2.75, 3.05) is 5.32 Å². The fourth-order valence-electron chi connectivity index (χ4n) is 2.26. The molecule has 0 radical (unpaired) electrons. The number of hydrogen-bond donors (Lipinski definition) is 1. The molecule has 2 aromatic carbocycles. The Balaban J connectivity index is 2.32. The molecule has 1 N–H and O–H groups in total. The van der Waals surface area contributed by atoms with Crippen molar-refractivity contribution in [1.29, 1.82) is 0 Å². The number of amides is 1. The van der Waals surface area contributed by atoms with Crippen LogP contribution in [-0.2, 0) is 11.2 Å². The van der Waals surface area contributed by atoms with Crippen molar-refractivity contribution >= 4 is 27.5 Å². The van der Waals surface area contributed by atoms with Crippen molar-refractivity contribution in [2.24, 2.45) is 0 Å². The highest BCUT2D eigenvalue weighted by Crippen LogP contribution is 2.27. The van der Waals surface area contributed by atoms with Gasteiger partial charge in [0, 0.05) is 15.7 Å². The number of benzene rings is 2. The van der Waals surface area contributed by atoms with E-state index in [2.05, 4.69) is 21.2 Å². The summed E-state index contributed by atoms with van der Waals surface area (Å²) in [6.07, 6.45) is -0.985. The first-order chi connectivity index (χ1) is 11.1. The number of carbonyl (C=O) groups is 1. The third kappa shape index (κ3) is 3.43. The van der Waals surface area contributed by atoms with Crippen LogP contribution in [0.1, 0.15) is 16.7 Å². The van der Waals surface area contributed by atoms with Crippen molar-refractivity contribution in [1.82, 2.24) is 0 Å². The molecule has 0 aliphatic heterocycles. The maximum atomic E-state index is 13.6. The quantitative estimate of drug-likeness (QED) is 0.435. The highest BCUT2D eigenvalue weighted by atomic mass is 79.9. The first kappa shape index (κ1) is 18.4. The lowest BCUT2D eigenvalue weighted by Gasteiger charge is -2.13. The molecule has 1 amide bonds. The number of aryl methyl sites for hydroxylation is 2. The van der Waals surface area contributed by atoms with E-state index in [1.165, 1.54) is 0 Å². The molecule has 0 aliphatic rings. The number of rotatable bonds is 3. The van der Waals surface area contributed by atoms with Crippen molar-refractivity contribution in [2.45, 2.75) is 20.3 Å². The summed E-state index contributed by atoms with van der Waals surface area (Å²) in [5.41, 5.74) is 0.587. The van der Waals surface area contributed by atoms with Crippen molar-refractivity contribution < 1.29 is 26.7 Å². The standard InChI is InChI=1S/C16H11BrF5NO/c1-6-3-8(17)4-7(2)16(6)23-10(24)5-9-11(18)13(20)15(22)14(21)12(9)19/h3-4H,5H2,1-2H3,(H,23,24). The molecular formula is C16H11BrF5NO. The predicted molar refractivity (Wildman–Crippen MR) is 82.2 cm³/mol. The molecule has 2 nitrogen and oxygen atoms in total. The first-order valence-corrected chi connectivity index (χ1v) is 7.49. The number of anilines is 1. The minimum Gasteiger partial charge on any atom is -0.325 e. The number of hydrogen-bond acceptors (Lipinski definition) is 1. The first-order valence-electron chi connectivity index (χ1n) is 6.70. The van der Waals surface area contributed by atoms with Gasteiger partial charge in [0.2, 0.25) is 11.7 Å². The molecule has 0 saturated heterocycles. The minimum absolute atomic E-state index is 0.409. The van der Waals surface area contributed by atoms with Crippen LogP contribution in [-0.4, -0.2) is 5.91 Å². The van der Waals surface area contributed by atoms with Gasteiger partial charge in [-0.3, -0.25) is 4.79 Å². The molecule has 0 aliphatic carbocycles. The fraction of sp³-hybridized carbons (Fsp3) is 0.188. The summed E-state index contributed by atoms with van der Waals surface area (Å²) in [7, 11) is 0. The minimum atomic E-state index is -2.26. The van der Waals surface area contributed by atoms with Gasteiger partial charge in [-0.2, -0.15) is 0 Å². The molecule has 0 heterocycles. The van der Waals surface area contributed by atoms with E-state index < -0.39 is 47.0 Å². The summed E-state index contributed by atoms with van der Waals surface area (Å²) in [5.74, 6) is -11.3. The van der Waals surface area contributed by atoms with Gasteiger partial charge in [0.1, 0.15) is 0 Å². The molecule has 2 aromatic rings. The van der Waals surface area contributed by atoms with Crippen molar-refractivity contribution in [3.05, 3.63) is 62.4 Å². The van der Waals surface area contributed by atoms with Gasteiger partial charge < -0.3 is 5.32 Å². The van der Waals surface area contributed by atoms with E-state index in [1.807, 2.05) is 0 Å². The SMILES string of the molecule is Cc1cc(Br)cc(C)c1NC(=O)Cc1c(F)c(F)c(F)c(F)c1F. The second-order valence-corrected chi connectivity index (χ2v) is 6.10. The average Bonchev–Trinajstić information content (AvgIpc) is 2.51. The van der Waals surface area contributed by atoms with Crippen LogP contribution in [0.2, 0.25) is 0 Å². The van der Waals surface area contributed by atoms with Crippen LogP contribution >= 0.6 is 15.9 Å². The van der Waals surface area contributed by atoms with Gasteiger partial charge in [-0.05, 0) is 37.1 Å². The molecule has 0 atom stereocenters. The predicted octanol–water partition coefficient (Wildman–Crippen LogP) is 4.94. The zero-order chi connectivity index (χ0) is 18.2. The summed E-state index contributed by atoms with van der Waals surface area (Å²) in [4.78, 5) is 12.0. The van der Waals surface area contributed by atoms with Crippen LogP contribution in [0.25, 0.3) is 0 Å². The zero-order valence-corrected chi connectivity index (χ0v) is 14.1. The number of nitrogens with one attached hydrogen (secondary N) is 1. The third-order valence-electron chi connectivity index (χ3n) is 3.40. The van der Waals surface area contributed by atoms with E-state index in [9.17, 15) is 26.7 Å². The molecule has 0 aromatic heterocycles. The largest absolute Gasteiger partial charge is 0.325 e. The molecule has 0 bridgehead atoms. The summed E-state index contributed by atoms with van der Waals surface area (Å²) < 4.78 is 67.3. The second kappa shape index (κ2) is 6.88. The van der Waals surface area contributed by atoms with Crippen LogP contribution in [0.4, 0.5) is 27.6 Å². The maximum absolute atomic E-state index is 13.6. The molecule has 8 heteroatoms. The lowest BCUT2D eigenvalue weighted by molar-refractivity contribution is -0.115. The topological polar surface area (TPSA) is 29.1 Å². The Morgan fingerprint density at radius 1 is 0.917 bits per heavy atom. The summed E-state index contributed by atoms with van der Waals surface area (Å²) >= 11 is 3.28. The molecular weight excluding hydrogens is 397 g/mol. The molecule has 0 unspecified atom stereocenters. The number of halogens is 6. The lowest BCUT2D eigenvalue weighted by atomic mass is 10.1. The van der Waals surface area contributed by atoms with E-state index in [0.29, 0.717) is 16.8 Å². The van der Waals surface area contributed by atoms with Crippen LogP contribution in [0, 0.1) is 42.9 Å². The Morgan fingerprint density at radius 3 is 1.79 bits per heavy atom.